The Labute approximate surface area is 498 Å². The van der Waals surface area contributed by atoms with Gasteiger partial charge in [-0.25, -0.2) is 52.7 Å². The first kappa shape index (κ1) is 58.0. The van der Waals surface area contributed by atoms with Gasteiger partial charge in [0.1, 0.15) is 71.9 Å². The van der Waals surface area contributed by atoms with Crippen LogP contribution in [0.15, 0.2) is 122 Å². The highest BCUT2D eigenvalue weighted by atomic mass is 32.7. The molecule has 9 aromatic rings. The first-order valence-electron chi connectivity index (χ1n) is 27.3. The van der Waals surface area contributed by atoms with Crippen molar-refractivity contribution in [3.63, 3.8) is 0 Å². The minimum absolute atomic E-state index is 0.00845. The number of nitrogens with zero attached hydrogens (tertiary/aromatic N) is 12. The number of carbonyl (C=O) groups is 2. The molecule has 3 saturated heterocycles. The Hall–Kier alpha value is -8.05. The molecule has 446 valence electrons. The van der Waals surface area contributed by atoms with Crippen molar-refractivity contribution in [3.05, 3.63) is 139 Å². The van der Waals surface area contributed by atoms with Gasteiger partial charge < -0.3 is 44.4 Å². The SMILES string of the molecule is [B][P@]1(=O)OC[C@H]2O[C@@H](n3cnc4c(N)ncnc43)[C@H](F)[C@@H]2O[P@@](=O)(SCc2ccc(OC(=O)c3ccc(OCCn4nnc5c4-c4ccccc4N(C(=O)CCC)Cc4ccccc4-5)cc3)cc2)OC[C@H]2O[C@@H](n3cnc4c(N)ncnc43)[C@H](F)[C@@H]2O1. The fraction of sp³-hybridized carbons (Fsp3) is 0.309. The number of rotatable bonds is 13. The lowest BCUT2D eigenvalue weighted by atomic mass is 9.95. The van der Waals surface area contributed by atoms with E-state index >= 15 is 13.3 Å². The van der Waals surface area contributed by atoms with Crippen LogP contribution in [0.4, 0.5) is 26.1 Å². The molecule has 4 aromatic carbocycles. The summed E-state index contributed by atoms with van der Waals surface area (Å²) in [5.74, 6) is -0.0542. The second-order valence-electron chi connectivity index (χ2n) is 20.5. The summed E-state index contributed by atoms with van der Waals surface area (Å²) in [6.45, 7) is -3.24. The van der Waals surface area contributed by atoms with Gasteiger partial charge in [-0.3, -0.25) is 27.5 Å². The van der Waals surface area contributed by atoms with Crippen molar-refractivity contribution in [3.8, 4) is 34.0 Å². The molecule has 1 amide bonds. The summed E-state index contributed by atoms with van der Waals surface area (Å²) in [4.78, 5) is 53.4. The Balaban J connectivity index is 0.687. The van der Waals surface area contributed by atoms with Gasteiger partial charge in [0.15, 0.2) is 47.7 Å². The zero-order chi connectivity index (χ0) is 60.1. The highest BCUT2D eigenvalue weighted by Crippen LogP contribution is 2.65. The number of nitrogen functional groups attached to an aromatic ring is 2. The van der Waals surface area contributed by atoms with Crippen LogP contribution in [0.25, 0.3) is 44.8 Å². The molecule has 0 saturated carbocycles. The van der Waals surface area contributed by atoms with Crippen LogP contribution in [0.5, 0.6) is 11.5 Å². The number of carbonyl (C=O) groups excluding carboxylic acids is 2. The van der Waals surface area contributed by atoms with Gasteiger partial charge in [-0.2, -0.15) is 0 Å². The molecule has 4 N–H and O–H groups in total. The number of fused-ring (bicyclic) bond motifs is 9. The molecule has 0 spiro atoms. The van der Waals surface area contributed by atoms with Crippen LogP contribution in [0.1, 0.15) is 53.7 Å². The van der Waals surface area contributed by atoms with E-state index < -0.39 is 82.7 Å². The lowest BCUT2D eigenvalue weighted by Crippen LogP contribution is -2.37. The molecule has 2 radical (unpaired) electrons. The van der Waals surface area contributed by atoms with Gasteiger partial charge in [0.2, 0.25) is 13.5 Å². The van der Waals surface area contributed by atoms with E-state index in [1.54, 1.807) is 41.1 Å². The van der Waals surface area contributed by atoms with Crippen molar-refractivity contribution in [2.75, 3.05) is 36.2 Å². The van der Waals surface area contributed by atoms with Crippen molar-refractivity contribution in [2.24, 2.45) is 0 Å². The zero-order valence-electron chi connectivity index (χ0n) is 45.9. The Morgan fingerprint density at radius 1 is 0.747 bits per heavy atom. The Morgan fingerprint density at radius 2 is 1.36 bits per heavy atom. The number of aromatic nitrogens is 11. The molecule has 32 heteroatoms. The Bertz CT molecular complexity index is 4170. The highest BCUT2D eigenvalue weighted by molar-refractivity contribution is 8.54. The molecule has 5 aromatic heterocycles. The first-order chi connectivity index (χ1) is 42.1. The van der Waals surface area contributed by atoms with Crippen LogP contribution < -0.4 is 25.8 Å². The largest absolute Gasteiger partial charge is 0.492 e. The van der Waals surface area contributed by atoms with Crippen molar-refractivity contribution >= 4 is 84.7 Å². The van der Waals surface area contributed by atoms with Gasteiger partial charge in [0, 0.05) is 23.3 Å². The summed E-state index contributed by atoms with van der Waals surface area (Å²) < 4.78 is 114. The number of hydrogen-bond acceptors (Lipinski definition) is 23. The molecule has 0 bridgehead atoms. The fourth-order valence-corrected chi connectivity index (χ4v) is 15.1. The van der Waals surface area contributed by atoms with Gasteiger partial charge in [0.25, 0.3) is 7.47 Å². The zero-order valence-corrected chi connectivity index (χ0v) is 48.5. The molecule has 3 fully saturated rings. The molecule has 10 atom stereocenters. The summed E-state index contributed by atoms with van der Waals surface area (Å²) in [6.07, 6.45) is -8.07. The number of amides is 1. The fourth-order valence-electron chi connectivity index (χ4n) is 10.7. The molecule has 9 heterocycles. The van der Waals surface area contributed by atoms with E-state index in [1.165, 1.54) is 33.9 Å². The van der Waals surface area contributed by atoms with Crippen molar-refractivity contribution < 1.29 is 64.5 Å². The summed E-state index contributed by atoms with van der Waals surface area (Å²) >= 11 is 0.658. The standard InChI is InChI=1S/C55H51BF2N14O12P2S/c1-2-7-40(73)69-22-32-8-3-4-9-35(32)43-46(36-10-5-6-11-37(36)69)72(68-67-43)20-21-77-33-18-14-31(15-19-33)55(74)80-34-16-12-30(13-17-34)25-87-86(76)79-24-39-47(41(57)53(82-39)70-28-65-44-49(59)61-26-63-51(44)70)83-85(56,75)78-23-38-48(84-86)42(58)54(81-38)71-29-66-45-50(60)62-27-64-52(45)71/h3-6,8-19,26-29,38-39,41-42,47-48,53-54H,2,7,20-25H2,1H3,(H2,59,61,63)(H2,60,62,64)/t38-,39-,41-,42-,47-,48-,53-,54-,85+,86+/m1/s1. The monoisotopic (exact) mass is 1240 g/mol. The van der Waals surface area contributed by atoms with Crippen LogP contribution in [-0.2, 0) is 60.3 Å². The third kappa shape index (κ3) is 11.5. The maximum Gasteiger partial charge on any atom is 0.389 e. The van der Waals surface area contributed by atoms with Crippen molar-refractivity contribution in [1.82, 2.24) is 54.0 Å². The van der Waals surface area contributed by atoms with E-state index in [1.807, 2.05) is 60.4 Å². The lowest BCUT2D eigenvalue weighted by Gasteiger charge is -2.30. The third-order valence-electron chi connectivity index (χ3n) is 14.9. The highest BCUT2D eigenvalue weighted by Gasteiger charge is 2.55. The van der Waals surface area contributed by atoms with E-state index in [2.05, 4.69) is 40.2 Å². The van der Waals surface area contributed by atoms with Crippen LogP contribution in [0.2, 0.25) is 0 Å². The summed E-state index contributed by atoms with van der Waals surface area (Å²) in [5.41, 5.74) is 18.1. The third-order valence-corrected chi connectivity index (χ3v) is 19.6. The molecule has 26 nitrogen and oxygen atoms in total. The summed E-state index contributed by atoms with van der Waals surface area (Å²) in [7, 11) is 1.33. The van der Waals surface area contributed by atoms with Crippen molar-refractivity contribution in [1.29, 1.82) is 0 Å². The predicted molar refractivity (Wildman–Crippen MR) is 311 cm³/mol. The lowest BCUT2D eigenvalue weighted by molar-refractivity contribution is -0.118. The number of benzene rings is 4. The van der Waals surface area contributed by atoms with Crippen LogP contribution in [0.3, 0.4) is 0 Å². The van der Waals surface area contributed by atoms with E-state index in [9.17, 15) is 14.2 Å². The van der Waals surface area contributed by atoms with Crippen LogP contribution >= 0.6 is 25.7 Å². The smallest absolute Gasteiger partial charge is 0.389 e. The molecular formula is C55H51BF2N14O12P2S. The maximum atomic E-state index is 17.0. The number of alkyl halides is 2. The number of anilines is 3. The normalized spacial score (nSPS) is 25.4. The van der Waals surface area contributed by atoms with Gasteiger partial charge >= 0.3 is 12.8 Å². The number of halogens is 2. The number of esters is 1. The quantitative estimate of drug-likeness (QED) is 0.0474. The van der Waals surface area contributed by atoms with E-state index in [4.69, 9.17) is 56.1 Å². The Morgan fingerprint density at radius 3 is 2.02 bits per heavy atom. The van der Waals surface area contributed by atoms with Crippen molar-refractivity contribution in [2.45, 2.75) is 87.8 Å². The molecule has 0 aliphatic carbocycles. The van der Waals surface area contributed by atoms with E-state index in [0.717, 1.165) is 40.7 Å². The molecular weight excluding hydrogens is 1190 g/mol. The minimum atomic E-state index is -4.73. The minimum Gasteiger partial charge on any atom is -0.492 e. The number of imidazole rings is 2. The second-order valence-corrected chi connectivity index (χ2v) is 26.1. The topological polar surface area (TPSA) is 315 Å². The molecule has 4 aliphatic rings. The molecule has 4 aliphatic heterocycles. The van der Waals surface area contributed by atoms with E-state index in [-0.39, 0.29) is 63.5 Å². The van der Waals surface area contributed by atoms with Gasteiger partial charge in [-0.1, -0.05) is 66.7 Å². The summed E-state index contributed by atoms with van der Waals surface area (Å²) in [6, 6.07) is 28.3. The number of para-hydroxylation sites is 1. The average Bonchev–Trinajstić information content (AvgIpc) is 1.88. The van der Waals surface area contributed by atoms with Crippen LogP contribution in [0, 0.1) is 0 Å². The average molecular weight is 1240 g/mol. The first-order valence-corrected chi connectivity index (χ1v) is 32.1. The Kier molecular flexibility index (Phi) is 15.9. The van der Waals surface area contributed by atoms with E-state index in [0.29, 0.717) is 54.3 Å². The predicted octanol–water partition coefficient (Wildman–Crippen LogP) is 8.31. The number of nitrogens with two attached hydrogens (primary N) is 2. The number of hydrogen-bond donors (Lipinski definition) is 2. The van der Waals surface area contributed by atoms with Gasteiger partial charge in [-0.15, -0.1) is 5.10 Å². The molecule has 13 rings (SSSR count). The maximum absolute atomic E-state index is 17.0. The number of ether oxygens (including phenoxy) is 4. The van der Waals surface area contributed by atoms with Gasteiger partial charge in [-0.05, 0) is 71.4 Å². The second kappa shape index (κ2) is 23.9. The molecule has 0 unspecified atom stereocenters. The van der Waals surface area contributed by atoms with Crippen LogP contribution in [-0.4, -0.2) is 130 Å². The van der Waals surface area contributed by atoms with Gasteiger partial charge in [0.05, 0.1) is 55.9 Å². The summed E-state index contributed by atoms with van der Waals surface area (Å²) in [5, 5.41) is 9.18. The molecule has 87 heavy (non-hydrogen) atoms.